The number of rotatable bonds is 5. The standard InChI is InChI=1S/C25H40BN3O7/c1-22(2,3)33-20(30)28-19(29-21(31)34-23(4,5)6)27-15-16-32-18-13-11-17(12-14-18)26-35-24(7,8)25(9,10)36-26/h11-14H,15-16H2,1-10H3,(H2,27,28,29,30,31). The largest absolute Gasteiger partial charge is 0.494 e. The minimum atomic E-state index is -0.753. The van der Waals surface area contributed by atoms with Crippen LogP contribution in [-0.4, -0.2) is 60.8 Å². The van der Waals surface area contributed by atoms with Gasteiger partial charge in [-0.15, -0.1) is 0 Å². The zero-order chi connectivity index (χ0) is 27.4. The zero-order valence-electron chi connectivity index (χ0n) is 23.1. The molecular formula is C25H40BN3O7. The molecule has 1 aliphatic rings. The Labute approximate surface area is 214 Å². The maximum absolute atomic E-state index is 12.2. The average molecular weight is 505 g/mol. The highest BCUT2D eigenvalue weighted by atomic mass is 16.7. The Morgan fingerprint density at radius 2 is 1.31 bits per heavy atom. The first-order chi connectivity index (χ1) is 16.4. The maximum atomic E-state index is 12.2. The summed E-state index contributed by atoms with van der Waals surface area (Å²) >= 11 is 0. The molecule has 2 amide bonds. The van der Waals surface area contributed by atoms with Crippen LogP contribution in [-0.2, 0) is 18.8 Å². The van der Waals surface area contributed by atoms with Gasteiger partial charge in [0.2, 0.25) is 5.96 Å². The lowest BCUT2D eigenvalue weighted by Crippen LogP contribution is -2.47. The van der Waals surface area contributed by atoms with Gasteiger partial charge in [-0.1, -0.05) is 12.1 Å². The first-order valence-electron chi connectivity index (χ1n) is 12.0. The summed E-state index contributed by atoms with van der Waals surface area (Å²) in [5.74, 6) is 0.533. The van der Waals surface area contributed by atoms with E-state index in [2.05, 4.69) is 15.6 Å². The molecule has 1 heterocycles. The Morgan fingerprint density at radius 1 is 0.861 bits per heavy atom. The van der Waals surface area contributed by atoms with Crippen LogP contribution in [0.2, 0.25) is 0 Å². The van der Waals surface area contributed by atoms with Crippen LogP contribution in [0, 0.1) is 0 Å². The van der Waals surface area contributed by atoms with Gasteiger partial charge in [-0.3, -0.25) is 10.6 Å². The predicted octanol–water partition coefficient (Wildman–Crippen LogP) is 3.77. The Balaban J connectivity index is 1.95. The highest BCUT2D eigenvalue weighted by molar-refractivity contribution is 6.62. The van der Waals surface area contributed by atoms with Crippen LogP contribution < -0.4 is 20.8 Å². The first kappa shape index (κ1) is 29.4. The smallest absolute Gasteiger partial charge is 0.492 e. The van der Waals surface area contributed by atoms with Crippen LogP contribution in [0.15, 0.2) is 29.3 Å². The molecule has 0 bridgehead atoms. The SMILES string of the molecule is CC(C)(C)OC(=O)NC(=NCCOc1ccc(B2OC(C)(C)C(C)(C)O2)cc1)NC(=O)OC(C)(C)C. The minimum Gasteiger partial charge on any atom is -0.492 e. The number of nitrogens with one attached hydrogen (secondary N) is 2. The number of ether oxygens (including phenoxy) is 3. The number of benzene rings is 1. The summed E-state index contributed by atoms with van der Waals surface area (Å²) in [6, 6.07) is 7.42. The van der Waals surface area contributed by atoms with Gasteiger partial charge in [0, 0.05) is 0 Å². The fourth-order valence-corrected chi connectivity index (χ4v) is 2.93. The number of aliphatic imine (C=N–C) groups is 1. The summed E-state index contributed by atoms with van der Waals surface area (Å²) in [4.78, 5) is 28.5. The molecule has 1 fully saturated rings. The van der Waals surface area contributed by atoms with E-state index < -0.39 is 41.7 Å². The molecule has 0 aliphatic carbocycles. The number of guanidine groups is 1. The lowest BCUT2D eigenvalue weighted by atomic mass is 9.79. The minimum absolute atomic E-state index is 0.0989. The molecular weight excluding hydrogens is 465 g/mol. The highest BCUT2D eigenvalue weighted by Gasteiger charge is 2.51. The second kappa shape index (κ2) is 11.1. The van der Waals surface area contributed by atoms with Crippen LogP contribution >= 0.6 is 0 Å². The van der Waals surface area contributed by atoms with Crippen molar-refractivity contribution < 1.29 is 33.1 Å². The topological polar surface area (TPSA) is 117 Å². The Bertz CT molecular complexity index is 900. The number of hydrogen-bond donors (Lipinski definition) is 2. The summed E-state index contributed by atoms with van der Waals surface area (Å²) in [5, 5.41) is 4.87. The summed E-state index contributed by atoms with van der Waals surface area (Å²) < 4.78 is 28.3. The Morgan fingerprint density at radius 3 is 1.72 bits per heavy atom. The zero-order valence-corrected chi connectivity index (χ0v) is 23.1. The lowest BCUT2D eigenvalue weighted by Gasteiger charge is -2.32. The summed E-state index contributed by atoms with van der Waals surface area (Å²) in [6.45, 7) is 18.8. The van der Waals surface area contributed by atoms with Gasteiger partial charge in [0.25, 0.3) is 0 Å². The van der Waals surface area contributed by atoms with Gasteiger partial charge in [0.15, 0.2) is 0 Å². The van der Waals surface area contributed by atoms with Gasteiger partial charge in [0.05, 0.1) is 17.7 Å². The van der Waals surface area contributed by atoms with Gasteiger partial charge in [-0.05, 0) is 86.8 Å². The number of hydrogen-bond acceptors (Lipinski definition) is 8. The van der Waals surface area contributed by atoms with E-state index in [1.165, 1.54) is 0 Å². The summed E-state index contributed by atoms with van der Waals surface area (Å²) in [6.07, 6.45) is -1.51. The molecule has 11 heteroatoms. The van der Waals surface area contributed by atoms with E-state index in [4.69, 9.17) is 23.5 Å². The number of carbonyl (C=O) groups excluding carboxylic acids is 2. The lowest BCUT2D eigenvalue weighted by molar-refractivity contribution is 0.00578. The fraction of sp³-hybridized carbons (Fsp3) is 0.640. The quantitative estimate of drug-likeness (QED) is 0.271. The summed E-state index contributed by atoms with van der Waals surface area (Å²) in [7, 11) is -0.450. The number of carbonyl (C=O) groups is 2. The number of amides is 2. The molecule has 1 aromatic rings. The first-order valence-corrected chi connectivity index (χ1v) is 12.0. The molecule has 2 N–H and O–H groups in total. The van der Waals surface area contributed by atoms with Crippen LogP contribution in [0.4, 0.5) is 9.59 Å². The second-order valence-corrected chi connectivity index (χ2v) is 11.5. The average Bonchev–Trinajstić information content (AvgIpc) is 2.89. The molecule has 0 aromatic heterocycles. The highest BCUT2D eigenvalue weighted by Crippen LogP contribution is 2.36. The Hall–Kier alpha value is -2.79. The molecule has 0 unspecified atom stereocenters. The molecule has 2 rings (SSSR count). The molecule has 1 aromatic carbocycles. The van der Waals surface area contributed by atoms with Crippen molar-refractivity contribution in [2.75, 3.05) is 13.2 Å². The maximum Gasteiger partial charge on any atom is 0.494 e. The van der Waals surface area contributed by atoms with Crippen LogP contribution in [0.3, 0.4) is 0 Å². The molecule has 0 radical (unpaired) electrons. The van der Waals surface area contributed by atoms with Gasteiger partial charge >= 0.3 is 19.3 Å². The van der Waals surface area contributed by atoms with Crippen LogP contribution in [0.5, 0.6) is 5.75 Å². The van der Waals surface area contributed by atoms with Crippen molar-refractivity contribution in [2.24, 2.45) is 4.99 Å². The van der Waals surface area contributed by atoms with Crippen LogP contribution in [0.25, 0.3) is 0 Å². The molecule has 200 valence electrons. The van der Waals surface area contributed by atoms with Gasteiger partial charge in [-0.2, -0.15) is 0 Å². The van der Waals surface area contributed by atoms with E-state index in [0.29, 0.717) is 5.75 Å². The normalized spacial score (nSPS) is 16.7. The van der Waals surface area contributed by atoms with E-state index in [1.54, 1.807) is 41.5 Å². The predicted molar refractivity (Wildman–Crippen MR) is 139 cm³/mol. The van der Waals surface area contributed by atoms with Crippen molar-refractivity contribution in [1.29, 1.82) is 0 Å². The van der Waals surface area contributed by atoms with Crippen molar-refractivity contribution in [1.82, 2.24) is 10.6 Å². The van der Waals surface area contributed by atoms with Crippen molar-refractivity contribution in [3.63, 3.8) is 0 Å². The molecule has 0 atom stereocenters. The molecule has 0 spiro atoms. The van der Waals surface area contributed by atoms with Crippen molar-refractivity contribution >= 4 is 30.7 Å². The molecule has 1 saturated heterocycles. The number of nitrogens with zero attached hydrogens (tertiary/aromatic N) is 1. The van der Waals surface area contributed by atoms with Crippen molar-refractivity contribution in [3.8, 4) is 5.75 Å². The molecule has 36 heavy (non-hydrogen) atoms. The van der Waals surface area contributed by atoms with Crippen LogP contribution in [0.1, 0.15) is 69.2 Å². The van der Waals surface area contributed by atoms with Gasteiger partial charge < -0.3 is 23.5 Å². The third-order valence-corrected chi connectivity index (χ3v) is 5.27. The van der Waals surface area contributed by atoms with E-state index in [0.717, 1.165) is 5.46 Å². The van der Waals surface area contributed by atoms with E-state index in [9.17, 15) is 9.59 Å². The van der Waals surface area contributed by atoms with E-state index >= 15 is 0 Å². The van der Waals surface area contributed by atoms with E-state index in [-0.39, 0.29) is 19.1 Å². The van der Waals surface area contributed by atoms with Crippen molar-refractivity contribution in [3.05, 3.63) is 24.3 Å². The van der Waals surface area contributed by atoms with Crippen molar-refractivity contribution in [2.45, 2.75) is 91.6 Å². The number of alkyl carbamates (subject to hydrolysis) is 2. The monoisotopic (exact) mass is 505 g/mol. The third kappa shape index (κ3) is 9.35. The summed E-state index contributed by atoms with van der Waals surface area (Å²) in [5.41, 5.74) is -1.36. The molecule has 10 nitrogen and oxygen atoms in total. The van der Waals surface area contributed by atoms with Gasteiger partial charge in [-0.25, -0.2) is 14.6 Å². The molecule has 1 aliphatic heterocycles. The second-order valence-electron chi connectivity index (χ2n) is 11.5. The van der Waals surface area contributed by atoms with Gasteiger partial charge in [0.1, 0.15) is 23.6 Å². The fourth-order valence-electron chi connectivity index (χ4n) is 2.93. The Kier molecular flexibility index (Phi) is 9.07. The third-order valence-electron chi connectivity index (χ3n) is 5.27. The molecule has 0 saturated carbocycles. The van der Waals surface area contributed by atoms with E-state index in [1.807, 2.05) is 52.0 Å².